The van der Waals surface area contributed by atoms with E-state index >= 15 is 0 Å². The highest BCUT2D eigenvalue weighted by molar-refractivity contribution is 5.15. The second kappa shape index (κ2) is 4.71. The molecule has 0 N–H and O–H groups in total. The minimum atomic E-state index is -0.378. The number of rotatable bonds is 2. The molecule has 2 nitrogen and oxygen atoms in total. The second-order valence-electron chi connectivity index (χ2n) is 4.18. The molecule has 0 bridgehead atoms. The van der Waals surface area contributed by atoms with Crippen LogP contribution in [-0.4, -0.2) is 23.0 Å². The fourth-order valence-electron chi connectivity index (χ4n) is 2.19. The van der Waals surface area contributed by atoms with Gasteiger partial charge in [-0.15, -0.1) is 0 Å². The Morgan fingerprint density at radius 2 is 2.07 bits per heavy atom. The molecule has 0 aliphatic carbocycles. The number of piperidine rings is 1. The molecule has 1 unspecified atom stereocenters. The maximum Gasteiger partial charge on any atom is 0.213 e. The highest BCUT2D eigenvalue weighted by Gasteiger charge is 2.18. The van der Waals surface area contributed by atoms with Crippen molar-refractivity contribution in [1.82, 2.24) is 9.88 Å². The molecule has 15 heavy (non-hydrogen) atoms. The summed E-state index contributed by atoms with van der Waals surface area (Å²) in [4.78, 5) is 6.00. The minimum Gasteiger partial charge on any atom is -0.297 e. The van der Waals surface area contributed by atoms with Crippen LogP contribution in [0.5, 0.6) is 0 Å². The second-order valence-corrected chi connectivity index (χ2v) is 4.18. The van der Waals surface area contributed by atoms with Crippen LogP contribution < -0.4 is 0 Å². The topological polar surface area (TPSA) is 16.1 Å². The van der Waals surface area contributed by atoms with E-state index in [1.54, 1.807) is 12.3 Å². The Balaban J connectivity index is 2.08. The van der Waals surface area contributed by atoms with Gasteiger partial charge >= 0.3 is 0 Å². The largest absolute Gasteiger partial charge is 0.297 e. The number of aromatic nitrogens is 1. The molecule has 0 spiro atoms. The summed E-state index contributed by atoms with van der Waals surface area (Å²) in [7, 11) is 0. The monoisotopic (exact) mass is 208 g/mol. The Morgan fingerprint density at radius 3 is 2.73 bits per heavy atom. The summed E-state index contributed by atoms with van der Waals surface area (Å²) in [6.45, 7) is 4.40. The van der Waals surface area contributed by atoms with E-state index in [0.29, 0.717) is 6.04 Å². The van der Waals surface area contributed by atoms with Crippen molar-refractivity contribution in [3.63, 3.8) is 0 Å². The van der Waals surface area contributed by atoms with E-state index in [1.165, 1.54) is 19.3 Å². The lowest BCUT2D eigenvalue weighted by Crippen LogP contribution is -2.32. The zero-order chi connectivity index (χ0) is 10.7. The Morgan fingerprint density at radius 1 is 1.33 bits per heavy atom. The van der Waals surface area contributed by atoms with Crippen molar-refractivity contribution in [3.8, 4) is 0 Å². The summed E-state index contributed by atoms with van der Waals surface area (Å²) < 4.78 is 13.0. The first-order chi connectivity index (χ1) is 7.27. The zero-order valence-corrected chi connectivity index (χ0v) is 9.12. The van der Waals surface area contributed by atoms with Crippen LogP contribution in [0.2, 0.25) is 0 Å². The van der Waals surface area contributed by atoms with E-state index in [4.69, 9.17) is 0 Å². The van der Waals surface area contributed by atoms with Crippen LogP contribution in [-0.2, 0) is 0 Å². The van der Waals surface area contributed by atoms with Crippen molar-refractivity contribution in [3.05, 3.63) is 29.8 Å². The van der Waals surface area contributed by atoms with Crippen LogP contribution in [0.3, 0.4) is 0 Å². The lowest BCUT2D eigenvalue weighted by Gasteiger charge is -2.32. The molecule has 1 saturated heterocycles. The normalized spacial score (nSPS) is 20.1. The van der Waals surface area contributed by atoms with Gasteiger partial charge in [0, 0.05) is 12.2 Å². The van der Waals surface area contributed by atoms with Crippen LogP contribution in [0, 0.1) is 5.95 Å². The summed E-state index contributed by atoms with van der Waals surface area (Å²) >= 11 is 0. The number of nitrogens with zero attached hydrogens (tertiary/aromatic N) is 2. The summed E-state index contributed by atoms with van der Waals surface area (Å²) in [5, 5.41) is 0. The molecule has 3 heteroatoms. The first-order valence-corrected chi connectivity index (χ1v) is 5.63. The fourth-order valence-corrected chi connectivity index (χ4v) is 2.19. The molecule has 2 rings (SSSR count). The standard InChI is InChI=1S/C12H17FN2/c1-10(15-7-3-2-4-8-15)11-5-6-14-12(13)9-11/h5-6,9-10H,2-4,7-8H2,1H3. The van der Waals surface area contributed by atoms with E-state index < -0.39 is 0 Å². The predicted octanol–water partition coefficient (Wildman–Crippen LogP) is 2.77. The quantitative estimate of drug-likeness (QED) is 0.695. The molecule has 0 radical (unpaired) electrons. The van der Waals surface area contributed by atoms with E-state index in [0.717, 1.165) is 18.7 Å². The van der Waals surface area contributed by atoms with Gasteiger partial charge in [-0.05, 0) is 50.6 Å². The third kappa shape index (κ3) is 2.53. The molecule has 1 aliphatic rings. The highest BCUT2D eigenvalue weighted by atomic mass is 19.1. The van der Waals surface area contributed by atoms with Crippen molar-refractivity contribution in [2.45, 2.75) is 32.2 Å². The van der Waals surface area contributed by atoms with Crippen molar-refractivity contribution in [2.24, 2.45) is 0 Å². The van der Waals surface area contributed by atoms with Crippen LogP contribution in [0.25, 0.3) is 0 Å². The van der Waals surface area contributed by atoms with E-state index in [2.05, 4.69) is 16.8 Å². The van der Waals surface area contributed by atoms with Gasteiger partial charge in [0.15, 0.2) is 0 Å². The van der Waals surface area contributed by atoms with Gasteiger partial charge in [0.2, 0.25) is 5.95 Å². The number of hydrogen-bond acceptors (Lipinski definition) is 2. The summed E-state index contributed by atoms with van der Waals surface area (Å²) in [6, 6.07) is 3.75. The SMILES string of the molecule is CC(c1ccnc(F)c1)N1CCCCC1. The highest BCUT2D eigenvalue weighted by Crippen LogP contribution is 2.23. The van der Waals surface area contributed by atoms with E-state index in [-0.39, 0.29) is 5.95 Å². The molecule has 1 aromatic heterocycles. The maximum atomic E-state index is 13.0. The molecule has 2 heterocycles. The van der Waals surface area contributed by atoms with Gasteiger partial charge in [-0.2, -0.15) is 4.39 Å². The van der Waals surface area contributed by atoms with Crippen LogP contribution in [0.1, 0.15) is 37.8 Å². The smallest absolute Gasteiger partial charge is 0.213 e. The maximum absolute atomic E-state index is 13.0. The van der Waals surface area contributed by atoms with Gasteiger partial charge in [0.05, 0.1) is 0 Å². The Labute approximate surface area is 90.1 Å². The lowest BCUT2D eigenvalue weighted by molar-refractivity contribution is 0.174. The number of likely N-dealkylation sites (tertiary alicyclic amines) is 1. The molecule has 1 aliphatic heterocycles. The molecule has 0 aromatic carbocycles. The Kier molecular flexibility index (Phi) is 3.31. The average Bonchev–Trinajstić information content (AvgIpc) is 2.29. The summed E-state index contributed by atoms with van der Waals surface area (Å²) in [5.41, 5.74) is 1.03. The molecular weight excluding hydrogens is 191 g/mol. The molecular formula is C12H17FN2. The van der Waals surface area contributed by atoms with Gasteiger partial charge in [0.1, 0.15) is 0 Å². The van der Waals surface area contributed by atoms with Crippen LogP contribution >= 0.6 is 0 Å². The Bertz CT molecular complexity index is 321. The molecule has 82 valence electrons. The van der Waals surface area contributed by atoms with Crippen LogP contribution in [0.4, 0.5) is 4.39 Å². The zero-order valence-electron chi connectivity index (χ0n) is 9.12. The summed E-state index contributed by atoms with van der Waals surface area (Å²) in [6.07, 6.45) is 5.40. The minimum absolute atomic E-state index is 0.308. The third-order valence-electron chi connectivity index (χ3n) is 3.17. The number of halogens is 1. The first kappa shape index (κ1) is 10.6. The van der Waals surface area contributed by atoms with Gasteiger partial charge in [-0.25, -0.2) is 4.98 Å². The van der Waals surface area contributed by atoms with E-state index in [9.17, 15) is 4.39 Å². The van der Waals surface area contributed by atoms with Crippen molar-refractivity contribution < 1.29 is 4.39 Å². The lowest BCUT2D eigenvalue weighted by atomic mass is 10.0. The predicted molar refractivity (Wildman–Crippen MR) is 58.0 cm³/mol. The average molecular weight is 208 g/mol. The van der Waals surface area contributed by atoms with Gasteiger partial charge < -0.3 is 0 Å². The van der Waals surface area contributed by atoms with Gasteiger partial charge in [-0.3, -0.25) is 4.90 Å². The molecule has 1 fully saturated rings. The molecule has 0 amide bonds. The van der Waals surface area contributed by atoms with E-state index in [1.807, 2.05) is 6.07 Å². The first-order valence-electron chi connectivity index (χ1n) is 5.63. The van der Waals surface area contributed by atoms with Gasteiger partial charge in [-0.1, -0.05) is 6.42 Å². The third-order valence-corrected chi connectivity index (χ3v) is 3.17. The molecule has 1 aromatic rings. The fraction of sp³-hybridized carbons (Fsp3) is 0.583. The van der Waals surface area contributed by atoms with Crippen LogP contribution in [0.15, 0.2) is 18.3 Å². The molecule has 1 atom stereocenters. The summed E-state index contributed by atoms with van der Waals surface area (Å²) in [5.74, 6) is -0.378. The Hall–Kier alpha value is -0.960. The number of pyridine rings is 1. The van der Waals surface area contributed by atoms with Crippen molar-refractivity contribution >= 4 is 0 Å². The molecule has 0 saturated carbocycles. The number of hydrogen-bond donors (Lipinski definition) is 0. The van der Waals surface area contributed by atoms with Gasteiger partial charge in [0.25, 0.3) is 0 Å². The van der Waals surface area contributed by atoms with Crippen molar-refractivity contribution in [1.29, 1.82) is 0 Å². The van der Waals surface area contributed by atoms with Crippen molar-refractivity contribution in [2.75, 3.05) is 13.1 Å².